The van der Waals surface area contributed by atoms with Crippen LogP contribution in [0.5, 0.6) is 5.75 Å². The second-order valence-electron chi connectivity index (χ2n) is 6.58. The molecule has 2 aromatic heterocycles. The lowest BCUT2D eigenvalue weighted by Crippen LogP contribution is -2.30. The average molecular weight is 421 g/mol. The first-order chi connectivity index (χ1) is 14.5. The number of pyridine rings is 1. The molecule has 1 N–H and O–H groups in total. The van der Waals surface area contributed by atoms with Gasteiger partial charge in [-0.15, -0.1) is 0 Å². The van der Waals surface area contributed by atoms with Gasteiger partial charge in [-0.05, 0) is 37.3 Å². The Kier molecular flexibility index (Phi) is 5.50. The largest absolute Gasteiger partial charge is 0.481 e. The first-order valence-corrected chi connectivity index (χ1v) is 9.60. The molecule has 4 aromatic rings. The van der Waals surface area contributed by atoms with E-state index in [1.165, 1.54) is 6.07 Å². The Balaban J connectivity index is 1.62. The fourth-order valence-corrected chi connectivity index (χ4v) is 3.28. The quantitative estimate of drug-likeness (QED) is 0.464. The van der Waals surface area contributed by atoms with E-state index >= 15 is 0 Å². The Bertz CT molecular complexity index is 1270. The summed E-state index contributed by atoms with van der Waals surface area (Å²) in [6.45, 7) is 1.62. The Morgan fingerprint density at radius 2 is 1.87 bits per heavy atom. The zero-order valence-corrected chi connectivity index (χ0v) is 16.7. The van der Waals surface area contributed by atoms with Crippen molar-refractivity contribution in [3.05, 3.63) is 88.4 Å². The predicted octanol–water partition coefficient (Wildman–Crippen LogP) is 4.91. The number of rotatable bonds is 5. The molecule has 1 unspecified atom stereocenters. The summed E-state index contributed by atoms with van der Waals surface area (Å²) in [5.41, 5.74) is 1.23. The van der Waals surface area contributed by atoms with Crippen molar-refractivity contribution in [1.82, 2.24) is 4.98 Å². The summed E-state index contributed by atoms with van der Waals surface area (Å²) < 4.78 is 11.1. The van der Waals surface area contributed by atoms with Gasteiger partial charge in [0.15, 0.2) is 6.10 Å². The van der Waals surface area contributed by atoms with Gasteiger partial charge in [0.05, 0.1) is 0 Å². The van der Waals surface area contributed by atoms with Crippen LogP contribution in [0.1, 0.15) is 6.92 Å². The van der Waals surface area contributed by atoms with E-state index in [4.69, 9.17) is 20.8 Å². The zero-order chi connectivity index (χ0) is 21.1. The third-order valence-electron chi connectivity index (χ3n) is 4.48. The normalized spacial score (nSPS) is 11.8. The molecule has 0 saturated heterocycles. The standard InChI is InChI=1S/C23H17ClN2O4/c1-14(23(28)26-21-8-4-5-11-25-21)29-15-9-10-17-18(13-22(27)30-20(17)12-15)16-6-2-3-7-19(16)24/h2-14H,1H3,(H,25,26,28). The summed E-state index contributed by atoms with van der Waals surface area (Å²) in [4.78, 5) is 28.5. The highest BCUT2D eigenvalue weighted by molar-refractivity contribution is 6.33. The highest BCUT2D eigenvalue weighted by atomic mass is 35.5. The highest BCUT2D eigenvalue weighted by Gasteiger charge is 2.17. The maximum atomic E-state index is 12.3. The van der Waals surface area contributed by atoms with Gasteiger partial charge >= 0.3 is 5.63 Å². The number of carbonyl (C=O) groups excluding carboxylic acids is 1. The van der Waals surface area contributed by atoms with Crippen LogP contribution in [0.2, 0.25) is 5.02 Å². The predicted molar refractivity (Wildman–Crippen MR) is 116 cm³/mol. The van der Waals surface area contributed by atoms with Crippen LogP contribution in [0.15, 0.2) is 82.1 Å². The van der Waals surface area contributed by atoms with Gasteiger partial charge in [-0.1, -0.05) is 35.9 Å². The smallest absolute Gasteiger partial charge is 0.336 e. The lowest BCUT2D eigenvalue weighted by atomic mass is 10.0. The van der Waals surface area contributed by atoms with E-state index in [-0.39, 0.29) is 5.91 Å². The van der Waals surface area contributed by atoms with Crippen LogP contribution in [-0.2, 0) is 4.79 Å². The fourth-order valence-electron chi connectivity index (χ4n) is 3.04. The van der Waals surface area contributed by atoms with Crippen molar-refractivity contribution in [1.29, 1.82) is 0 Å². The van der Waals surface area contributed by atoms with Crippen molar-refractivity contribution >= 4 is 34.3 Å². The molecule has 7 heteroatoms. The number of fused-ring (bicyclic) bond motifs is 1. The molecular weight excluding hydrogens is 404 g/mol. The van der Waals surface area contributed by atoms with Gasteiger partial charge in [0, 0.05) is 39.9 Å². The molecule has 0 fully saturated rings. The number of hydrogen-bond donors (Lipinski definition) is 1. The Morgan fingerprint density at radius 3 is 2.63 bits per heavy atom. The number of aromatic nitrogens is 1. The van der Waals surface area contributed by atoms with E-state index in [0.29, 0.717) is 33.1 Å². The first-order valence-electron chi connectivity index (χ1n) is 9.22. The maximum absolute atomic E-state index is 12.3. The number of anilines is 1. The third-order valence-corrected chi connectivity index (χ3v) is 4.81. The van der Waals surface area contributed by atoms with Crippen LogP contribution in [0.25, 0.3) is 22.1 Å². The van der Waals surface area contributed by atoms with Crippen LogP contribution in [-0.4, -0.2) is 17.0 Å². The second-order valence-corrected chi connectivity index (χ2v) is 6.99. The van der Waals surface area contributed by atoms with Crippen LogP contribution in [0.4, 0.5) is 5.82 Å². The van der Waals surface area contributed by atoms with Gasteiger partial charge in [0.2, 0.25) is 0 Å². The van der Waals surface area contributed by atoms with Crippen molar-refractivity contribution in [2.75, 3.05) is 5.32 Å². The van der Waals surface area contributed by atoms with E-state index in [2.05, 4.69) is 10.3 Å². The SMILES string of the molecule is CC(Oc1ccc2c(-c3ccccc3Cl)cc(=O)oc2c1)C(=O)Nc1ccccn1. The molecule has 1 atom stereocenters. The van der Waals surface area contributed by atoms with Crippen LogP contribution >= 0.6 is 11.6 Å². The van der Waals surface area contributed by atoms with Gasteiger partial charge < -0.3 is 14.5 Å². The molecule has 0 aliphatic heterocycles. The topological polar surface area (TPSA) is 81.4 Å². The summed E-state index contributed by atoms with van der Waals surface area (Å²) >= 11 is 6.31. The van der Waals surface area contributed by atoms with E-state index in [0.717, 1.165) is 5.56 Å². The van der Waals surface area contributed by atoms with Crippen molar-refractivity contribution in [2.24, 2.45) is 0 Å². The second kappa shape index (κ2) is 8.39. The Hall–Kier alpha value is -3.64. The van der Waals surface area contributed by atoms with E-state index in [1.807, 2.05) is 18.2 Å². The molecule has 6 nitrogen and oxygen atoms in total. The summed E-state index contributed by atoms with van der Waals surface area (Å²) in [5, 5.41) is 3.92. The van der Waals surface area contributed by atoms with Crippen LogP contribution < -0.4 is 15.7 Å². The molecule has 0 aliphatic rings. The monoisotopic (exact) mass is 420 g/mol. The van der Waals surface area contributed by atoms with E-state index in [1.54, 1.807) is 55.6 Å². The highest BCUT2D eigenvalue weighted by Crippen LogP contribution is 2.33. The molecule has 0 saturated carbocycles. The number of nitrogens with zero attached hydrogens (tertiary/aromatic N) is 1. The summed E-state index contributed by atoms with van der Waals surface area (Å²) in [6.07, 6.45) is 0.797. The molecule has 30 heavy (non-hydrogen) atoms. The molecule has 2 heterocycles. The third kappa shape index (κ3) is 4.18. The minimum Gasteiger partial charge on any atom is -0.481 e. The number of amides is 1. The van der Waals surface area contributed by atoms with Crippen molar-refractivity contribution in [2.45, 2.75) is 13.0 Å². The summed E-state index contributed by atoms with van der Waals surface area (Å²) in [6, 6.07) is 19.0. The zero-order valence-electron chi connectivity index (χ0n) is 16.0. The molecule has 1 amide bonds. The van der Waals surface area contributed by atoms with E-state index < -0.39 is 11.7 Å². The summed E-state index contributed by atoms with van der Waals surface area (Å²) in [7, 11) is 0. The summed E-state index contributed by atoms with van der Waals surface area (Å²) in [5.74, 6) is 0.484. The van der Waals surface area contributed by atoms with Crippen molar-refractivity contribution in [3.63, 3.8) is 0 Å². The fraction of sp³-hybridized carbons (Fsp3) is 0.0870. The maximum Gasteiger partial charge on any atom is 0.336 e. The molecule has 0 bridgehead atoms. The first kappa shape index (κ1) is 19.7. The molecular formula is C23H17ClN2O4. The van der Waals surface area contributed by atoms with Gasteiger partial charge in [-0.25, -0.2) is 9.78 Å². The van der Waals surface area contributed by atoms with Crippen molar-refractivity contribution < 1.29 is 13.9 Å². The minimum atomic E-state index is -0.789. The number of carbonyl (C=O) groups is 1. The molecule has 0 spiro atoms. The number of hydrogen-bond acceptors (Lipinski definition) is 5. The molecule has 4 rings (SSSR count). The van der Waals surface area contributed by atoms with Crippen molar-refractivity contribution in [3.8, 4) is 16.9 Å². The van der Waals surface area contributed by atoms with Gasteiger partial charge in [-0.2, -0.15) is 0 Å². The Labute approximate surface area is 177 Å². The van der Waals surface area contributed by atoms with Crippen LogP contribution in [0, 0.1) is 0 Å². The van der Waals surface area contributed by atoms with Gasteiger partial charge in [0.1, 0.15) is 17.2 Å². The lowest BCUT2D eigenvalue weighted by Gasteiger charge is -2.15. The number of ether oxygens (including phenoxy) is 1. The van der Waals surface area contributed by atoms with E-state index in [9.17, 15) is 9.59 Å². The molecule has 0 aliphatic carbocycles. The molecule has 0 radical (unpaired) electrons. The lowest BCUT2D eigenvalue weighted by molar-refractivity contribution is -0.122. The molecule has 150 valence electrons. The average Bonchev–Trinajstić information content (AvgIpc) is 2.74. The Morgan fingerprint density at radius 1 is 1.07 bits per heavy atom. The van der Waals surface area contributed by atoms with Gasteiger partial charge in [-0.3, -0.25) is 4.79 Å². The van der Waals surface area contributed by atoms with Gasteiger partial charge in [0.25, 0.3) is 5.91 Å². The number of halogens is 1. The van der Waals surface area contributed by atoms with Crippen LogP contribution in [0.3, 0.4) is 0 Å². The molecule has 2 aromatic carbocycles. The minimum absolute atomic E-state index is 0.340. The number of benzene rings is 2. The number of nitrogens with one attached hydrogen (secondary N) is 1.